The third-order valence-electron chi connectivity index (χ3n) is 2.15. The highest BCUT2D eigenvalue weighted by Crippen LogP contribution is 2.34. The zero-order chi connectivity index (χ0) is 13.2. The van der Waals surface area contributed by atoms with Gasteiger partial charge in [0.05, 0.1) is 0 Å². The molecule has 0 aliphatic heterocycles. The fourth-order valence-corrected chi connectivity index (χ4v) is 1.36. The Labute approximate surface area is 101 Å². The van der Waals surface area contributed by atoms with Crippen molar-refractivity contribution >= 4 is 17.5 Å². The smallest absolute Gasteiger partial charge is 0.368 e. The Balaban J connectivity index is 2.40. The summed E-state index contributed by atoms with van der Waals surface area (Å²) in [6.07, 6.45) is -3.88. The van der Waals surface area contributed by atoms with Crippen LogP contribution in [0, 0.1) is 0 Å². The first-order valence-electron chi connectivity index (χ1n) is 4.98. The number of nitrogens with two attached hydrogens (primary N) is 1. The van der Waals surface area contributed by atoms with Gasteiger partial charge in [-0.15, -0.1) is 0 Å². The topological polar surface area (TPSA) is 63.8 Å². The quantitative estimate of drug-likeness (QED) is 0.864. The van der Waals surface area contributed by atoms with Crippen LogP contribution in [0.3, 0.4) is 0 Å². The van der Waals surface area contributed by atoms with Gasteiger partial charge in [0, 0.05) is 11.9 Å². The Kier molecular flexibility index (Phi) is 3.05. The van der Waals surface area contributed by atoms with Gasteiger partial charge in [-0.05, 0) is 12.1 Å². The van der Waals surface area contributed by atoms with Crippen LogP contribution in [-0.4, -0.2) is 9.97 Å². The van der Waals surface area contributed by atoms with Crippen LogP contribution in [0.1, 0.15) is 5.56 Å². The summed E-state index contributed by atoms with van der Waals surface area (Å²) in [4.78, 5) is 6.92. The average molecular weight is 254 g/mol. The van der Waals surface area contributed by atoms with Crippen molar-refractivity contribution in [3.05, 3.63) is 42.1 Å². The Bertz CT molecular complexity index is 540. The zero-order valence-corrected chi connectivity index (χ0v) is 9.07. The van der Waals surface area contributed by atoms with Gasteiger partial charge in [-0.25, -0.2) is 4.98 Å². The lowest BCUT2D eigenvalue weighted by atomic mass is 10.2. The number of nitrogens with zero attached hydrogens (tertiary/aromatic N) is 2. The van der Waals surface area contributed by atoms with Crippen molar-refractivity contribution in [3.63, 3.8) is 0 Å². The van der Waals surface area contributed by atoms with Crippen LogP contribution in [0.25, 0.3) is 0 Å². The second-order valence-corrected chi connectivity index (χ2v) is 3.48. The number of para-hydroxylation sites is 1. The van der Waals surface area contributed by atoms with E-state index < -0.39 is 11.7 Å². The largest absolute Gasteiger partial charge is 0.421 e. The van der Waals surface area contributed by atoms with E-state index in [0.29, 0.717) is 11.9 Å². The number of alkyl halides is 3. The lowest BCUT2D eigenvalue weighted by Gasteiger charge is -2.13. The summed E-state index contributed by atoms with van der Waals surface area (Å²) in [5.74, 6) is -0.581. The number of aromatic nitrogens is 2. The number of hydrogen-bond acceptors (Lipinski definition) is 4. The molecule has 0 radical (unpaired) electrons. The van der Waals surface area contributed by atoms with Gasteiger partial charge in [0.15, 0.2) is 0 Å². The Hall–Kier alpha value is -2.31. The Morgan fingerprint density at radius 1 is 1.11 bits per heavy atom. The van der Waals surface area contributed by atoms with Crippen LogP contribution in [0.15, 0.2) is 36.5 Å². The normalized spacial score (nSPS) is 11.3. The fourth-order valence-electron chi connectivity index (χ4n) is 1.36. The van der Waals surface area contributed by atoms with Crippen LogP contribution < -0.4 is 11.1 Å². The molecule has 0 spiro atoms. The molecule has 0 aliphatic rings. The number of nitrogens with one attached hydrogen (secondary N) is 1. The summed E-state index contributed by atoms with van der Waals surface area (Å²) in [6.45, 7) is 0. The number of nitrogen functional groups attached to an aromatic ring is 1. The molecule has 94 valence electrons. The SMILES string of the molecule is Nc1ncc(C(F)(F)F)c(Nc2ccccc2)n1. The first kappa shape index (κ1) is 12.2. The Morgan fingerprint density at radius 2 is 1.78 bits per heavy atom. The van der Waals surface area contributed by atoms with Crippen molar-refractivity contribution in [2.45, 2.75) is 6.18 Å². The molecule has 0 aliphatic carbocycles. The third-order valence-corrected chi connectivity index (χ3v) is 2.15. The average Bonchev–Trinajstić information content (AvgIpc) is 2.28. The highest BCUT2D eigenvalue weighted by molar-refractivity contribution is 5.60. The van der Waals surface area contributed by atoms with Crippen molar-refractivity contribution in [2.24, 2.45) is 0 Å². The molecular weight excluding hydrogens is 245 g/mol. The number of rotatable bonds is 2. The van der Waals surface area contributed by atoms with Gasteiger partial charge in [0.2, 0.25) is 5.95 Å². The molecule has 4 nitrogen and oxygen atoms in total. The molecule has 3 N–H and O–H groups in total. The molecule has 7 heteroatoms. The van der Waals surface area contributed by atoms with Gasteiger partial charge in [0.1, 0.15) is 11.4 Å². The van der Waals surface area contributed by atoms with Gasteiger partial charge in [-0.1, -0.05) is 18.2 Å². The predicted molar refractivity (Wildman–Crippen MR) is 61.2 cm³/mol. The predicted octanol–water partition coefficient (Wildman–Crippen LogP) is 2.82. The standard InChI is InChI=1S/C11H9F3N4/c12-11(13,14)8-6-16-10(15)18-9(8)17-7-4-2-1-3-5-7/h1-6H,(H3,15,16,17,18). The third kappa shape index (κ3) is 2.68. The molecule has 2 rings (SSSR count). The highest BCUT2D eigenvalue weighted by Gasteiger charge is 2.35. The van der Waals surface area contributed by atoms with Crippen LogP contribution in [0.5, 0.6) is 0 Å². The van der Waals surface area contributed by atoms with E-state index >= 15 is 0 Å². The monoisotopic (exact) mass is 254 g/mol. The van der Waals surface area contributed by atoms with Crippen LogP contribution in [-0.2, 0) is 6.18 Å². The summed E-state index contributed by atoms with van der Waals surface area (Å²) >= 11 is 0. The van der Waals surface area contributed by atoms with E-state index in [0.717, 1.165) is 0 Å². The van der Waals surface area contributed by atoms with Crippen molar-refractivity contribution in [1.82, 2.24) is 9.97 Å². The van der Waals surface area contributed by atoms with E-state index in [2.05, 4.69) is 15.3 Å². The molecule has 0 bridgehead atoms. The number of halogens is 3. The molecule has 1 aromatic carbocycles. The lowest BCUT2D eigenvalue weighted by Crippen LogP contribution is -2.12. The summed E-state index contributed by atoms with van der Waals surface area (Å²) in [7, 11) is 0. The molecule has 18 heavy (non-hydrogen) atoms. The minimum atomic E-state index is -4.54. The summed E-state index contributed by atoms with van der Waals surface area (Å²) in [5.41, 5.74) is 4.82. The summed E-state index contributed by atoms with van der Waals surface area (Å²) in [6, 6.07) is 8.39. The van der Waals surface area contributed by atoms with Gasteiger partial charge in [0.25, 0.3) is 0 Å². The van der Waals surface area contributed by atoms with Gasteiger partial charge < -0.3 is 11.1 Å². The summed E-state index contributed by atoms with van der Waals surface area (Å²) < 4.78 is 38.2. The number of hydrogen-bond donors (Lipinski definition) is 2. The van der Waals surface area contributed by atoms with Crippen LogP contribution >= 0.6 is 0 Å². The van der Waals surface area contributed by atoms with Crippen molar-refractivity contribution in [3.8, 4) is 0 Å². The minimum absolute atomic E-state index is 0.221. The Morgan fingerprint density at radius 3 is 2.39 bits per heavy atom. The van der Waals surface area contributed by atoms with E-state index in [1.54, 1.807) is 30.3 Å². The first-order valence-corrected chi connectivity index (χ1v) is 4.98. The maximum absolute atomic E-state index is 12.7. The van der Waals surface area contributed by atoms with Crippen LogP contribution in [0.4, 0.5) is 30.6 Å². The number of anilines is 3. The van der Waals surface area contributed by atoms with Crippen molar-refractivity contribution in [1.29, 1.82) is 0 Å². The molecule has 0 unspecified atom stereocenters. The second kappa shape index (κ2) is 4.52. The molecule has 0 saturated carbocycles. The molecule has 0 saturated heterocycles. The summed E-state index contributed by atoms with van der Waals surface area (Å²) in [5, 5.41) is 2.57. The molecule has 1 aromatic heterocycles. The van der Waals surface area contributed by atoms with Crippen molar-refractivity contribution < 1.29 is 13.2 Å². The van der Waals surface area contributed by atoms with Gasteiger partial charge >= 0.3 is 6.18 Å². The van der Waals surface area contributed by atoms with E-state index in [1.807, 2.05) is 0 Å². The molecule has 2 aromatic rings. The van der Waals surface area contributed by atoms with Gasteiger partial charge in [-0.2, -0.15) is 18.2 Å². The fraction of sp³-hybridized carbons (Fsp3) is 0.0909. The van der Waals surface area contributed by atoms with E-state index in [1.165, 1.54) is 0 Å². The van der Waals surface area contributed by atoms with E-state index in [9.17, 15) is 13.2 Å². The minimum Gasteiger partial charge on any atom is -0.368 e. The number of benzene rings is 1. The van der Waals surface area contributed by atoms with Crippen molar-refractivity contribution in [2.75, 3.05) is 11.1 Å². The second-order valence-electron chi connectivity index (χ2n) is 3.48. The maximum atomic E-state index is 12.7. The highest BCUT2D eigenvalue weighted by atomic mass is 19.4. The molecular formula is C11H9F3N4. The zero-order valence-electron chi connectivity index (χ0n) is 9.07. The lowest BCUT2D eigenvalue weighted by molar-refractivity contribution is -0.137. The van der Waals surface area contributed by atoms with Crippen LogP contribution in [0.2, 0.25) is 0 Å². The van der Waals surface area contributed by atoms with E-state index in [4.69, 9.17) is 5.73 Å². The molecule has 0 atom stereocenters. The molecule has 0 amide bonds. The van der Waals surface area contributed by atoms with Gasteiger partial charge in [-0.3, -0.25) is 0 Å². The molecule has 0 fully saturated rings. The van der Waals surface area contributed by atoms with E-state index in [-0.39, 0.29) is 11.8 Å². The molecule has 1 heterocycles. The first-order chi connectivity index (χ1) is 8.47. The maximum Gasteiger partial charge on any atom is 0.421 e.